The molecule has 0 aliphatic rings. The predicted molar refractivity (Wildman–Crippen MR) is 85.1 cm³/mol. The van der Waals surface area contributed by atoms with E-state index in [0.29, 0.717) is 17.0 Å². The van der Waals surface area contributed by atoms with E-state index in [2.05, 4.69) is 15.3 Å². The number of amides is 1. The maximum Gasteiger partial charge on any atom is 0.258 e. The van der Waals surface area contributed by atoms with Gasteiger partial charge in [-0.05, 0) is 24.3 Å². The summed E-state index contributed by atoms with van der Waals surface area (Å²) in [5, 5.41) is 2.84. The number of carbonyl (C=O) groups excluding carboxylic acids is 1. The van der Waals surface area contributed by atoms with E-state index >= 15 is 0 Å². The molecule has 0 fully saturated rings. The maximum atomic E-state index is 12.1. The Morgan fingerprint density at radius 1 is 1.22 bits per heavy atom. The first-order valence-electron chi connectivity index (χ1n) is 7.03. The van der Waals surface area contributed by atoms with Crippen LogP contribution in [0, 0.1) is 0 Å². The molecule has 6 heteroatoms. The molecule has 3 aromatic heterocycles. The van der Waals surface area contributed by atoms with Crippen LogP contribution in [0.3, 0.4) is 0 Å². The molecule has 0 radical (unpaired) electrons. The largest absolute Gasteiger partial charge is 0.472 e. The predicted octanol–water partition coefficient (Wildman–Crippen LogP) is 3.24. The van der Waals surface area contributed by atoms with E-state index in [0.717, 1.165) is 11.3 Å². The summed E-state index contributed by atoms with van der Waals surface area (Å²) in [5.41, 5.74) is 2.87. The Labute approximate surface area is 131 Å². The zero-order valence-electron chi connectivity index (χ0n) is 12.0. The van der Waals surface area contributed by atoms with Crippen molar-refractivity contribution in [2.75, 3.05) is 5.32 Å². The average Bonchev–Trinajstić information content (AvgIpc) is 3.24. The van der Waals surface area contributed by atoms with Crippen molar-refractivity contribution in [1.29, 1.82) is 0 Å². The summed E-state index contributed by atoms with van der Waals surface area (Å²) in [6, 6.07) is 11.0. The molecule has 0 unspecified atom stereocenters. The molecule has 1 aromatic carbocycles. The summed E-state index contributed by atoms with van der Waals surface area (Å²) in [5.74, 6) is 0.419. The Morgan fingerprint density at radius 3 is 3.00 bits per heavy atom. The van der Waals surface area contributed by atoms with Gasteiger partial charge in [0.1, 0.15) is 6.26 Å². The monoisotopic (exact) mass is 304 g/mol. The van der Waals surface area contributed by atoms with E-state index in [1.165, 1.54) is 12.5 Å². The lowest BCUT2D eigenvalue weighted by Gasteiger charge is -2.05. The number of rotatable bonds is 3. The smallest absolute Gasteiger partial charge is 0.258 e. The number of hydrogen-bond donors (Lipinski definition) is 1. The minimum absolute atomic E-state index is 0.215. The van der Waals surface area contributed by atoms with Crippen molar-refractivity contribution in [3.63, 3.8) is 0 Å². The second-order valence-electron chi connectivity index (χ2n) is 5.00. The zero-order valence-corrected chi connectivity index (χ0v) is 12.0. The van der Waals surface area contributed by atoms with Crippen LogP contribution in [-0.2, 0) is 0 Å². The SMILES string of the molecule is O=C(Nc1cccc(-c2cn3cccnc3n2)c1)c1ccoc1. The highest BCUT2D eigenvalue weighted by atomic mass is 16.3. The molecule has 0 aliphatic carbocycles. The highest BCUT2D eigenvalue weighted by molar-refractivity contribution is 6.04. The number of nitrogens with one attached hydrogen (secondary N) is 1. The second-order valence-corrected chi connectivity index (χ2v) is 5.00. The van der Waals surface area contributed by atoms with Gasteiger partial charge in [0.15, 0.2) is 0 Å². The molecule has 112 valence electrons. The fraction of sp³-hybridized carbons (Fsp3) is 0. The molecule has 0 spiro atoms. The van der Waals surface area contributed by atoms with Crippen LogP contribution < -0.4 is 5.32 Å². The average molecular weight is 304 g/mol. The summed E-state index contributed by atoms with van der Waals surface area (Å²) in [4.78, 5) is 20.7. The van der Waals surface area contributed by atoms with E-state index in [1.54, 1.807) is 12.3 Å². The lowest BCUT2D eigenvalue weighted by atomic mass is 10.1. The normalized spacial score (nSPS) is 10.8. The molecule has 0 atom stereocenters. The maximum absolute atomic E-state index is 12.1. The molecule has 0 saturated carbocycles. The van der Waals surface area contributed by atoms with Gasteiger partial charge in [0.05, 0.1) is 17.5 Å². The summed E-state index contributed by atoms with van der Waals surface area (Å²) in [6.07, 6.45) is 8.37. The van der Waals surface area contributed by atoms with E-state index in [9.17, 15) is 4.79 Å². The van der Waals surface area contributed by atoms with Crippen LogP contribution in [0.15, 0.2) is 71.9 Å². The Bertz CT molecular complexity index is 940. The summed E-state index contributed by atoms with van der Waals surface area (Å²) in [6.45, 7) is 0. The lowest BCUT2D eigenvalue weighted by molar-refractivity contribution is 0.102. The molecule has 1 amide bonds. The Morgan fingerprint density at radius 2 is 2.17 bits per heavy atom. The van der Waals surface area contributed by atoms with Crippen LogP contribution >= 0.6 is 0 Å². The molecule has 0 bridgehead atoms. The van der Waals surface area contributed by atoms with Crippen molar-refractivity contribution < 1.29 is 9.21 Å². The molecule has 0 saturated heterocycles. The van der Waals surface area contributed by atoms with Gasteiger partial charge in [0, 0.05) is 29.8 Å². The molecule has 3 heterocycles. The van der Waals surface area contributed by atoms with Gasteiger partial charge in [0.25, 0.3) is 5.91 Å². The van der Waals surface area contributed by atoms with Gasteiger partial charge < -0.3 is 9.73 Å². The number of furan rings is 1. The highest BCUT2D eigenvalue weighted by Crippen LogP contribution is 2.22. The summed E-state index contributed by atoms with van der Waals surface area (Å²) >= 11 is 0. The Hall–Kier alpha value is -3.41. The van der Waals surface area contributed by atoms with Gasteiger partial charge in [0.2, 0.25) is 5.78 Å². The van der Waals surface area contributed by atoms with E-state index in [-0.39, 0.29) is 5.91 Å². The first kappa shape index (κ1) is 13.3. The number of hydrogen-bond acceptors (Lipinski definition) is 4. The third-order valence-corrected chi connectivity index (χ3v) is 3.44. The van der Waals surface area contributed by atoms with Crippen molar-refractivity contribution in [2.45, 2.75) is 0 Å². The van der Waals surface area contributed by atoms with Crippen LogP contribution in [0.25, 0.3) is 17.0 Å². The number of aromatic nitrogens is 3. The molecule has 0 aliphatic heterocycles. The number of carbonyl (C=O) groups is 1. The number of fused-ring (bicyclic) bond motifs is 1. The Balaban J connectivity index is 1.64. The van der Waals surface area contributed by atoms with Gasteiger partial charge >= 0.3 is 0 Å². The minimum Gasteiger partial charge on any atom is -0.472 e. The molecule has 4 rings (SSSR count). The van der Waals surface area contributed by atoms with Gasteiger partial charge in [-0.15, -0.1) is 0 Å². The standard InChI is InChI=1S/C17H12N4O2/c22-16(13-5-8-23-11-13)19-14-4-1-3-12(9-14)15-10-21-7-2-6-18-17(21)20-15/h1-11H,(H,19,22). The summed E-state index contributed by atoms with van der Waals surface area (Å²) < 4.78 is 6.77. The molecular formula is C17H12N4O2. The first-order valence-corrected chi connectivity index (χ1v) is 7.03. The molecule has 1 N–H and O–H groups in total. The first-order chi connectivity index (χ1) is 11.3. The number of imidazole rings is 1. The number of anilines is 1. The van der Waals surface area contributed by atoms with Gasteiger partial charge in [-0.1, -0.05) is 12.1 Å². The van der Waals surface area contributed by atoms with Crippen molar-refractivity contribution in [3.8, 4) is 11.3 Å². The van der Waals surface area contributed by atoms with E-state index < -0.39 is 0 Å². The highest BCUT2D eigenvalue weighted by Gasteiger charge is 2.09. The van der Waals surface area contributed by atoms with Crippen LogP contribution in [0.4, 0.5) is 5.69 Å². The van der Waals surface area contributed by atoms with Crippen LogP contribution in [-0.4, -0.2) is 20.3 Å². The lowest BCUT2D eigenvalue weighted by Crippen LogP contribution is -2.10. The van der Waals surface area contributed by atoms with Gasteiger partial charge in [-0.2, -0.15) is 0 Å². The molecule has 6 nitrogen and oxygen atoms in total. The number of nitrogens with zero attached hydrogens (tertiary/aromatic N) is 3. The van der Waals surface area contributed by atoms with Crippen molar-refractivity contribution in [1.82, 2.24) is 14.4 Å². The third-order valence-electron chi connectivity index (χ3n) is 3.44. The van der Waals surface area contributed by atoms with E-state index in [4.69, 9.17) is 4.42 Å². The topological polar surface area (TPSA) is 72.4 Å². The summed E-state index contributed by atoms with van der Waals surface area (Å²) in [7, 11) is 0. The zero-order chi connectivity index (χ0) is 15.6. The molecule has 4 aromatic rings. The van der Waals surface area contributed by atoms with Crippen LogP contribution in [0.5, 0.6) is 0 Å². The van der Waals surface area contributed by atoms with Gasteiger partial charge in [-0.25, -0.2) is 9.97 Å². The minimum atomic E-state index is -0.215. The molecule has 23 heavy (non-hydrogen) atoms. The third kappa shape index (κ3) is 2.57. The van der Waals surface area contributed by atoms with Crippen molar-refractivity contribution >= 4 is 17.4 Å². The van der Waals surface area contributed by atoms with Crippen LogP contribution in [0.2, 0.25) is 0 Å². The molecular weight excluding hydrogens is 292 g/mol. The van der Waals surface area contributed by atoms with Crippen molar-refractivity contribution in [3.05, 3.63) is 73.1 Å². The Kier molecular flexibility index (Phi) is 3.12. The second kappa shape index (κ2) is 5.42. The fourth-order valence-electron chi connectivity index (χ4n) is 2.32. The van der Waals surface area contributed by atoms with Crippen molar-refractivity contribution in [2.24, 2.45) is 0 Å². The number of benzene rings is 1. The van der Waals surface area contributed by atoms with E-state index in [1.807, 2.05) is 47.1 Å². The fourth-order valence-corrected chi connectivity index (χ4v) is 2.32. The van der Waals surface area contributed by atoms with Gasteiger partial charge in [-0.3, -0.25) is 9.20 Å². The van der Waals surface area contributed by atoms with Crippen LogP contribution in [0.1, 0.15) is 10.4 Å². The quantitative estimate of drug-likeness (QED) is 0.630.